The van der Waals surface area contributed by atoms with Gasteiger partial charge >= 0.3 is 0 Å². The van der Waals surface area contributed by atoms with Gasteiger partial charge in [0.15, 0.2) is 17.8 Å². The maximum atomic E-state index is 13.5. The van der Waals surface area contributed by atoms with Gasteiger partial charge in [-0.15, -0.1) is 0 Å². The number of anilines is 1. The second-order valence-corrected chi connectivity index (χ2v) is 8.31. The molecule has 0 atom stereocenters. The van der Waals surface area contributed by atoms with E-state index in [-0.39, 0.29) is 40.7 Å². The van der Waals surface area contributed by atoms with Gasteiger partial charge in [0.2, 0.25) is 0 Å². The SMILES string of the molecule is O=C1COc2ccc(CN3CCC(NC(=O)c4cc(=O)c5ccc(F)cc5o4)CC3)cc2N1. The largest absolute Gasteiger partial charge is 0.482 e. The minimum absolute atomic E-state index is 0.0328. The highest BCUT2D eigenvalue weighted by Crippen LogP contribution is 2.29. The molecule has 5 rings (SSSR count). The third-order valence-electron chi connectivity index (χ3n) is 5.92. The summed E-state index contributed by atoms with van der Waals surface area (Å²) in [4.78, 5) is 38.7. The van der Waals surface area contributed by atoms with Crippen LogP contribution in [0.3, 0.4) is 0 Å². The highest BCUT2D eigenvalue weighted by Gasteiger charge is 2.23. The number of likely N-dealkylation sites (tertiary alicyclic amines) is 1. The smallest absolute Gasteiger partial charge is 0.287 e. The average Bonchev–Trinajstić information content (AvgIpc) is 2.79. The number of hydrogen-bond acceptors (Lipinski definition) is 6. The maximum Gasteiger partial charge on any atom is 0.287 e. The number of amides is 2. The van der Waals surface area contributed by atoms with E-state index in [1.807, 2.05) is 18.2 Å². The van der Waals surface area contributed by atoms with Crippen molar-refractivity contribution >= 4 is 28.5 Å². The summed E-state index contributed by atoms with van der Waals surface area (Å²) in [7, 11) is 0. The van der Waals surface area contributed by atoms with Crippen LogP contribution in [0, 0.1) is 5.82 Å². The average molecular weight is 451 g/mol. The van der Waals surface area contributed by atoms with Crippen molar-refractivity contribution in [3.8, 4) is 5.75 Å². The molecule has 0 radical (unpaired) electrons. The summed E-state index contributed by atoms with van der Waals surface area (Å²) in [6.45, 7) is 2.30. The molecule has 0 unspecified atom stereocenters. The molecular weight excluding hydrogens is 429 g/mol. The molecule has 0 aliphatic carbocycles. The van der Waals surface area contributed by atoms with E-state index < -0.39 is 11.7 Å². The van der Waals surface area contributed by atoms with Crippen molar-refractivity contribution in [3.05, 3.63) is 69.8 Å². The monoisotopic (exact) mass is 451 g/mol. The minimum atomic E-state index is -0.538. The molecule has 1 saturated heterocycles. The Labute approximate surface area is 188 Å². The quantitative estimate of drug-likeness (QED) is 0.633. The first-order valence-electron chi connectivity index (χ1n) is 10.8. The highest BCUT2D eigenvalue weighted by molar-refractivity contribution is 5.95. The number of piperidine rings is 1. The maximum absolute atomic E-state index is 13.5. The summed E-state index contributed by atoms with van der Waals surface area (Å²) in [5.74, 6) is -0.642. The predicted octanol–water partition coefficient (Wildman–Crippen LogP) is 2.66. The standard InChI is InChI=1S/C24H22FN3O5/c25-15-2-3-17-19(29)11-22(33-21(17)10-15)24(31)26-16-5-7-28(8-6-16)12-14-1-4-20-18(9-14)27-23(30)13-32-20/h1-4,9-11,16H,5-8,12-13H2,(H,26,31)(H,27,30). The summed E-state index contributed by atoms with van der Waals surface area (Å²) >= 11 is 0. The first-order valence-corrected chi connectivity index (χ1v) is 10.8. The normalized spacial score (nSPS) is 16.7. The van der Waals surface area contributed by atoms with Crippen molar-refractivity contribution in [2.24, 2.45) is 0 Å². The number of nitrogens with one attached hydrogen (secondary N) is 2. The molecule has 2 aliphatic heterocycles. The van der Waals surface area contributed by atoms with Gasteiger partial charge in [0.05, 0.1) is 11.1 Å². The lowest BCUT2D eigenvalue weighted by Gasteiger charge is -2.32. The molecule has 2 amide bonds. The van der Waals surface area contributed by atoms with E-state index in [9.17, 15) is 18.8 Å². The van der Waals surface area contributed by atoms with E-state index in [0.29, 0.717) is 11.4 Å². The van der Waals surface area contributed by atoms with Crippen LogP contribution >= 0.6 is 0 Å². The van der Waals surface area contributed by atoms with Crippen LogP contribution in [0.2, 0.25) is 0 Å². The van der Waals surface area contributed by atoms with Crippen molar-refractivity contribution in [3.63, 3.8) is 0 Å². The zero-order valence-electron chi connectivity index (χ0n) is 17.7. The van der Waals surface area contributed by atoms with Gasteiger partial charge in [-0.05, 0) is 42.7 Å². The number of carbonyl (C=O) groups excluding carboxylic acids is 2. The number of ether oxygens (including phenoxy) is 1. The van der Waals surface area contributed by atoms with Gasteiger partial charge in [-0.3, -0.25) is 19.3 Å². The summed E-state index contributed by atoms with van der Waals surface area (Å²) < 4.78 is 24.3. The summed E-state index contributed by atoms with van der Waals surface area (Å²) in [6, 6.07) is 10.5. The van der Waals surface area contributed by atoms with Crippen LogP contribution in [0.15, 0.2) is 51.7 Å². The minimum Gasteiger partial charge on any atom is -0.482 e. The van der Waals surface area contributed by atoms with E-state index in [0.717, 1.165) is 50.2 Å². The van der Waals surface area contributed by atoms with E-state index >= 15 is 0 Å². The molecule has 1 aromatic heterocycles. The van der Waals surface area contributed by atoms with Crippen LogP contribution < -0.4 is 20.8 Å². The number of hydrogen-bond donors (Lipinski definition) is 2. The van der Waals surface area contributed by atoms with Gasteiger partial charge in [0.25, 0.3) is 11.8 Å². The van der Waals surface area contributed by atoms with Gasteiger partial charge in [-0.25, -0.2) is 4.39 Å². The molecular formula is C24H22FN3O5. The molecule has 0 saturated carbocycles. The zero-order valence-corrected chi connectivity index (χ0v) is 17.7. The van der Waals surface area contributed by atoms with E-state index in [2.05, 4.69) is 15.5 Å². The van der Waals surface area contributed by atoms with Crippen molar-refractivity contribution < 1.29 is 23.1 Å². The van der Waals surface area contributed by atoms with Crippen LogP contribution in [-0.4, -0.2) is 42.5 Å². The third kappa shape index (κ3) is 4.58. The number of nitrogens with zero attached hydrogens (tertiary/aromatic N) is 1. The van der Waals surface area contributed by atoms with Crippen molar-refractivity contribution in [2.45, 2.75) is 25.4 Å². The summed E-state index contributed by atoms with van der Waals surface area (Å²) in [6.07, 6.45) is 1.48. The Balaban J connectivity index is 1.18. The second kappa shape index (κ2) is 8.67. The van der Waals surface area contributed by atoms with Gasteiger partial charge in [-0.1, -0.05) is 6.07 Å². The van der Waals surface area contributed by atoms with Crippen molar-refractivity contribution in [2.75, 3.05) is 25.0 Å². The number of rotatable bonds is 4. The topological polar surface area (TPSA) is 101 Å². The molecule has 170 valence electrons. The lowest BCUT2D eigenvalue weighted by molar-refractivity contribution is -0.118. The van der Waals surface area contributed by atoms with Gasteiger partial charge in [0.1, 0.15) is 17.1 Å². The Bertz CT molecular complexity index is 1300. The van der Waals surface area contributed by atoms with Crippen LogP contribution in [-0.2, 0) is 11.3 Å². The van der Waals surface area contributed by atoms with Crippen LogP contribution in [0.5, 0.6) is 5.75 Å². The number of halogens is 1. The number of carbonyl (C=O) groups is 2. The van der Waals surface area contributed by atoms with Crippen LogP contribution in [0.25, 0.3) is 11.0 Å². The lowest BCUT2D eigenvalue weighted by Crippen LogP contribution is -2.44. The third-order valence-corrected chi connectivity index (χ3v) is 5.92. The Morgan fingerprint density at radius 1 is 1.12 bits per heavy atom. The van der Waals surface area contributed by atoms with Gasteiger partial charge in [0, 0.05) is 37.8 Å². The van der Waals surface area contributed by atoms with E-state index in [1.54, 1.807) is 0 Å². The molecule has 0 spiro atoms. The Kier molecular flexibility index (Phi) is 5.55. The molecule has 1 fully saturated rings. The number of benzene rings is 2. The Morgan fingerprint density at radius 3 is 2.76 bits per heavy atom. The fraction of sp³-hybridized carbons (Fsp3) is 0.292. The molecule has 9 heteroatoms. The Hall–Kier alpha value is -3.72. The molecule has 33 heavy (non-hydrogen) atoms. The Morgan fingerprint density at radius 2 is 1.94 bits per heavy atom. The summed E-state index contributed by atoms with van der Waals surface area (Å²) in [5.41, 5.74) is 1.41. The van der Waals surface area contributed by atoms with E-state index in [4.69, 9.17) is 9.15 Å². The fourth-order valence-electron chi connectivity index (χ4n) is 4.22. The molecule has 2 aliphatic rings. The first kappa shape index (κ1) is 21.1. The molecule has 2 aromatic carbocycles. The molecule has 0 bridgehead atoms. The van der Waals surface area contributed by atoms with Gasteiger partial charge in [-0.2, -0.15) is 0 Å². The zero-order chi connectivity index (χ0) is 22.9. The lowest BCUT2D eigenvalue weighted by atomic mass is 10.0. The van der Waals surface area contributed by atoms with E-state index in [1.165, 1.54) is 12.1 Å². The fourth-order valence-corrected chi connectivity index (χ4v) is 4.22. The molecule has 3 heterocycles. The number of fused-ring (bicyclic) bond motifs is 2. The predicted molar refractivity (Wildman–Crippen MR) is 119 cm³/mol. The molecule has 3 aromatic rings. The van der Waals surface area contributed by atoms with Crippen molar-refractivity contribution in [1.82, 2.24) is 10.2 Å². The summed E-state index contributed by atoms with van der Waals surface area (Å²) in [5, 5.41) is 5.96. The second-order valence-electron chi connectivity index (χ2n) is 8.31. The van der Waals surface area contributed by atoms with Crippen LogP contribution in [0.1, 0.15) is 29.0 Å². The first-order chi connectivity index (χ1) is 15.9. The molecule has 8 nitrogen and oxygen atoms in total. The highest BCUT2D eigenvalue weighted by atomic mass is 19.1. The van der Waals surface area contributed by atoms with Gasteiger partial charge < -0.3 is 19.8 Å². The molecule has 2 N–H and O–H groups in total. The van der Waals surface area contributed by atoms with Crippen molar-refractivity contribution in [1.29, 1.82) is 0 Å². The van der Waals surface area contributed by atoms with Crippen LogP contribution in [0.4, 0.5) is 10.1 Å².